The average molecular weight is 460 g/mol. The standard InChI is InChI=1S/C31H42NP/c1-21-22(2)24(4)30(23(21)3)33(28-11-7-5-8-12-28,29-13-9-6-10-14-29)32-31-18-25-15-26(19-31)17-27(16-25)20-31/h5-14,21-27,30H,15-20H2,1-4H3. The SMILES string of the molecule is CC1C(C)C(C)C(P(=NC23CC4CC(CC(C4)C2)C3)(c2ccccc2)c2ccccc2)C1C. The number of hydrogen-bond donors (Lipinski definition) is 0. The van der Waals surface area contributed by atoms with Gasteiger partial charge in [-0.1, -0.05) is 88.4 Å². The first kappa shape index (κ1) is 22.2. The van der Waals surface area contributed by atoms with Gasteiger partial charge in [-0.2, -0.15) is 0 Å². The van der Waals surface area contributed by atoms with Crippen molar-refractivity contribution in [3.63, 3.8) is 0 Å². The first-order valence-corrected chi connectivity index (χ1v) is 15.5. The van der Waals surface area contributed by atoms with E-state index in [0.29, 0.717) is 17.5 Å². The van der Waals surface area contributed by atoms with E-state index in [1.165, 1.54) is 49.1 Å². The zero-order chi connectivity index (χ0) is 22.8. The highest BCUT2D eigenvalue weighted by Crippen LogP contribution is 2.67. The van der Waals surface area contributed by atoms with Crippen molar-refractivity contribution in [3.05, 3.63) is 60.7 Å². The summed E-state index contributed by atoms with van der Waals surface area (Å²) in [5.74, 6) is 5.70. The molecule has 4 unspecified atom stereocenters. The highest BCUT2D eigenvalue weighted by atomic mass is 31.2. The molecule has 4 atom stereocenters. The molecule has 2 heteroatoms. The Kier molecular flexibility index (Phi) is 5.45. The summed E-state index contributed by atoms with van der Waals surface area (Å²) in [6, 6.07) is 23.3. The molecule has 0 amide bonds. The third kappa shape index (κ3) is 3.43. The smallest absolute Gasteiger partial charge is 0.0609 e. The lowest BCUT2D eigenvalue weighted by molar-refractivity contribution is 0.00246. The summed E-state index contributed by atoms with van der Waals surface area (Å²) in [5.41, 5.74) is 0.864. The van der Waals surface area contributed by atoms with Crippen molar-refractivity contribution in [1.29, 1.82) is 0 Å². The van der Waals surface area contributed by atoms with Crippen LogP contribution in [0.4, 0.5) is 0 Å². The van der Waals surface area contributed by atoms with Crippen molar-refractivity contribution in [2.24, 2.45) is 46.2 Å². The molecule has 0 N–H and O–H groups in total. The lowest BCUT2D eigenvalue weighted by Crippen LogP contribution is -2.50. The molecule has 0 saturated heterocycles. The van der Waals surface area contributed by atoms with Crippen molar-refractivity contribution < 1.29 is 0 Å². The van der Waals surface area contributed by atoms with Gasteiger partial charge in [0.05, 0.1) is 5.54 Å². The van der Waals surface area contributed by atoms with Gasteiger partial charge in [0, 0.05) is 12.7 Å². The molecule has 0 radical (unpaired) electrons. The van der Waals surface area contributed by atoms with Gasteiger partial charge in [-0.25, -0.2) is 0 Å². The number of rotatable bonds is 4. The van der Waals surface area contributed by atoms with E-state index >= 15 is 0 Å². The van der Waals surface area contributed by atoms with Crippen LogP contribution in [0.3, 0.4) is 0 Å². The van der Waals surface area contributed by atoms with E-state index in [1.807, 2.05) is 0 Å². The van der Waals surface area contributed by atoms with Gasteiger partial charge in [-0.15, -0.1) is 0 Å². The molecule has 5 saturated carbocycles. The van der Waals surface area contributed by atoms with Crippen LogP contribution in [0.15, 0.2) is 65.4 Å². The third-order valence-electron chi connectivity index (χ3n) is 10.7. The number of hydrogen-bond acceptors (Lipinski definition) is 1. The fraction of sp³-hybridized carbons (Fsp3) is 0.613. The number of nitrogens with zero attached hydrogens (tertiary/aromatic N) is 1. The molecule has 2 aromatic rings. The van der Waals surface area contributed by atoms with Crippen LogP contribution in [-0.2, 0) is 0 Å². The van der Waals surface area contributed by atoms with Crippen LogP contribution in [0.25, 0.3) is 0 Å². The minimum atomic E-state index is -1.96. The summed E-state index contributed by atoms with van der Waals surface area (Å²) < 4.78 is 6.40. The van der Waals surface area contributed by atoms with E-state index in [9.17, 15) is 0 Å². The normalized spacial score (nSPS) is 41.9. The lowest BCUT2D eigenvalue weighted by Gasteiger charge is -2.56. The Morgan fingerprint density at radius 3 is 1.39 bits per heavy atom. The Balaban J connectivity index is 1.64. The first-order chi connectivity index (χ1) is 15.9. The average Bonchev–Trinajstić information content (AvgIpc) is 3.01. The van der Waals surface area contributed by atoms with Gasteiger partial charge in [0.15, 0.2) is 0 Å². The Bertz CT molecular complexity index is 948. The summed E-state index contributed by atoms with van der Waals surface area (Å²) in [6.07, 6.45) is 8.55. The molecule has 4 bridgehead atoms. The second-order valence-corrected chi connectivity index (χ2v) is 15.7. The predicted octanol–water partition coefficient (Wildman–Crippen LogP) is 7.73. The van der Waals surface area contributed by atoms with Crippen molar-refractivity contribution in [1.82, 2.24) is 0 Å². The van der Waals surface area contributed by atoms with Crippen LogP contribution in [0, 0.1) is 41.4 Å². The van der Waals surface area contributed by atoms with Gasteiger partial charge in [-0.3, -0.25) is 4.74 Å². The largest absolute Gasteiger partial charge is 0.287 e. The van der Waals surface area contributed by atoms with Gasteiger partial charge >= 0.3 is 0 Å². The first-order valence-electron chi connectivity index (χ1n) is 13.7. The molecule has 5 aliphatic carbocycles. The zero-order valence-electron chi connectivity index (χ0n) is 21.0. The van der Waals surface area contributed by atoms with E-state index < -0.39 is 7.05 Å². The summed E-state index contributed by atoms with van der Waals surface area (Å²) in [7, 11) is -1.96. The Hall–Kier alpha value is -1.33. The maximum absolute atomic E-state index is 6.40. The van der Waals surface area contributed by atoms with Crippen LogP contribution in [0.2, 0.25) is 0 Å². The molecular weight excluding hydrogens is 417 g/mol. The van der Waals surface area contributed by atoms with Crippen molar-refractivity contribution >= 4 is 17.7 Å². The zero-order valence-corrected chi connectivity index (χ0v) is 21.9. The fourth-order valence-corrected chi connectivity index (χ4v) is 14.7. The molecular formula is C31H42NP. The van der Waals surface area contributed by atoms with E-state index in [-0.39, 0.29) is 5.54 Å². The van der Waals surface area contributed by atoms with E-state index in [1.54, 1.807) is 0 Å². The lowest BCUT2D eigenvalue weighted by atomic mass is 9.53. The molecule has 2 aromatic carbocycles. The van der Waals surface area contributed by atoms with E-state index in [0.717, 1.165) is 29.6 Å². The van der Waals surface area contributed by atoms with Gasteiger partial charge in [0.2, 0.25) is 0 Å². The summed E-state index contributed by atoms with van der Waals surface area (Å²) in [6.45, 7) is 10.2. The molecule has 0 heterocycles. The van der Waals surface area contributed by atoms with Gasteiger partial charge in [0.25, 0.3) is 0 Å². The topological polar surface area (TPSA) is 12.4 Å². The number of benzene rings is 2. The predicted molar refractivity (Wildman–Crippen MR) is 143 cm³/mol. The van der Waals surface area contributed by atoms with Crippen molar-refractivity contribution in [3.8, 4) is 0 Å². The summed E-state index contributed by atoms with van der Waals surface area (Å²) >= 11 is 0. The summed E-state index contributed by atoms with van der Waals surface area (Å²) in [4.78, 5) is 0. The minimum Gasteiger partial charge on any atom is -0.287 e. The summed E-state index contributed by atoms with van der Waals surface area (Å²) in [5, 5.41) is 3.08. The highest BCUT2D eigenvalue weighted by molar-refractivity contribution is 7.81. The molecule has 33 heavy (non-hydrogen) atoms. The molecule has 1 nitrogen and oxygen atoms in total. The third-order valence-corrected chi connectivity index (χ3v) is 15.4. The van der Waals surface area contributed by atoms with E-state index in [4.69, 9.17) is 4.74 Å². The Labute approximate surface area is 201 Å². The molecule has 7 rings (SSSR count). The molecule has 5 aliphatic rings. The Morgan fingerprint density at radius 2 is 1.00 bits per heavy atom. The minimum absolute atomic E-state index is 0.225. The van der Waals surface area contributed by atoms with Gasteiger partial charge < -0.3 is 0 Å². The van der Waals surface area contributed by atoms with Crippen LogP contribution < -0.4 is 10.6 Å². The van der Waals surface area contributed by atoms with Crippen LogP contribution in [-0.4, -0.2) is 11.2 Å². The van der Waals surface area contributed by atoms with Gasteiger partial charge in [0.1, 0.15) is 0 Å². The second kappa shape index (κ2) is 8.12. The molecule has 0 aromatic heterocycles. The Morgan fingerprint density at radius 1 is 0.606 bits per heavy atom. The molecule has 0 spiro atoms. The van der Waals surface area contributed by atoms with E-state index in [2.05, 4.69) is 88.4 Å². The fourth-order valence-electron chi connectivity index (χ4n) is 9.25. The maximum atomic E-state index is 6.40. The van der Waals surface area contributed by atoms with Crippen molar-refractivity contribution in [2.45, 2.75) is 77.4 Å². The molecule has 0 aliphatic heterocycles. The van der Waals surface area contributed by atoms with Gasteiger partial charge in [-0.05, 0) is 90.6 Å². The molecule has 5 fully saturated rings. The van der Waals surface area contributed by atoms with Crippen molar-refractivity contribution in [2.75, 3.05) is 0 Å². The maximum Gasteiger partial charge on any atom is 0.0609 e. The quantitative estimate of drug-likeness (QED) is 0.415. The van der Waals surface area contributed by atoms with Crippen LogP contribution >= 0.6 is 7.05 Å². The second-order valence-electron chi connectivity index (χ2n) is 12.5. The van der Waals surface area contributed by atoms with Crippen LogP contribution in [0.5, 0.6) is 0 Å². The highest BCUT2D eigenvalue weighted by Gasteiger charge is 2.55. The monoisotopic (exact) mass is 459 g/mol. The van der Waals surface area contributed by atoms with Crippen LogP contribution in [0.1, 0.15) is 66.2 Å². The molecule has 176 valence electrons.